The van der Waals surface area contributed by atoms with Crippen molar-refractivity contribution in [1.29, 1.82) is 0 Å². The first-order chi connectivity index (χ1) is 22.3. The Morgan fingerprint density at radius 1 is 1.04 bits per heavy atom. The van der Waals surface area contributed by atoms with Crippen molar-refractivity contribution in [2.24, 2.45) is 18.4 Å². The normalized spacial score (nSPS) is 15.0. The van der Waals surface area contributed by atoms with Gasteiger partial charge in [-0.05, 0) is 42.0 Å². The number of carbonyl (C=O) groups is 1. The van der Waals surface area contributed by atoms with Crippen LogP contribution in [0.2, 0.25) is 10.0 Å². The number of imidazole rings is 1. The molecule has 0 radical (unpaired) electrons. The van der Waals surface area contributed by atoms with Crippen molar-refractivity contribution in [3.8, 4) is 0 Å². The molecule has 2 aromatic heterocycles. The smallest absolute Gasteiger partial charge is 0.371 e. The Morgan fingerprint density at radius 3 is 2.33 bits per heavy atom. The molecule has 1 aliphatic rings. The van der Waals surface area contributed by atoms with Crippen LogP contribution in [-0.2, 0) is 19.0 Å². The van der Waals surface area contributed by atoms with Crippen LogP contribution < -0.4 is 20.9 Å². The third-order valence-corrected chi connectivity index (χ3v) is 10.2. The van der Waals surface area contributed by atoms with Crippen molar-refractivity contribution < 1.29 is 18.0 Å². The lowest BCUT2D eigenvalue weighted by atomic mass is 9.95. The van der Waals surface area contributed by atoms with E-state index in [1.54, 1.807) is 22.8 Å². The minimum Gasteiger partial charge on any atom is -0.371 e. The summed E-state index contributed by atoms with van der Waals surface area (Å²) in [6, 6.07) is 7.11. The van der Waals surface area contributed by atoms with Crippen LogP contribution in [0.1, 0.15) is 75.3 Å². The van der Waals surface area contributed by atoms with E-state index in [-0.39, 0.29) is 42.3 Å². The molecule has 4 aromatic rings. The zero-order valence-electron chi connectivity index (χ0n) is 28.1. The van der Waals surface area contributed by atoms with Gasteiger partial charge in [0.2, 0.25) is 11.1 Å². The summed E-state index contributed by atoms with van der Waals surface area (Å²) in [6.07, 6.45) is -4.39. The summed E-state index contributed by atoms with van der Waals surface area (Å²) in [7, 11) is 1.81. The van der Waals surface area contributed by atoms with Gasteiger partial charge in [-0.15, -0.1) is 10.2 Å². The molecule has 1 aliphatic heterocycles. The topological polar surface area (TPSA) is 100 Å². The first-order valence-corrected chi connectivity index (χ1v) is 17.3. The summed E-state index contributed by atoms with van der Waals surface area (Å²) in [5.41, 5.74) is 3.16. The van der Waals surface area contributed by atoms with Crippen LogP contribution in [0.3, 0.4) is 0 Å². The van der Waals surface area contributed by atoms with Gasteiger partial charge in [0.15, 0.2) is 0 Å². The molecule has 2 aromatic carbocycles. The predicted octanol–water partition coefficient (Wildman–Crippen LogP) is 8.94. The van der Waals surface area contributed by atoms with Gasteiger partial charge in [0.05, 0.1) is 43.9 Å². The molecule has 3 heterocycles. The van der Waals surface area contributed by atoms with E-state index in [9.17, 15) is 18.0 Å². The van der Waals surface area contributed by atoms with Gasteiger partial charge in [0.1, 0.15) is 5.01 Å². The highest BCUT2D eigenvalue weighted by molar-refractivity contribution is 7.15. The number of amides is 1. The number of alkyl halides is 3. The second-order valence-electron chi connectivity index (χ2n) is 14.5. The van der Waals surface area contributed by atoms with Crippen LogP contribution in [0.15, 0.2) is 24.3 Å². The number of fused-ring (bicyclic) bond motifs is 1. The molecule has 5 rings (SSSR count). The Hall–Kier alpha value is -3.13. The van der Waals surface area contributed by atoms with Crippen LogP contribution in [0, 0.1) is 11.3 Å². The molecule has 15 heteroatoms. The lowest BCUT2D eigenvalue weighted by Gasteiger charge is -2.35. The molecule has 0 saturated carbocycles. The van der Waals surface area contributed by atoms with Crippen LogP contribution in [0.4, 0.5) is 35.6 Å². The van der Waals surface area contributed by atoms with Gasteiger partial charge >= 0.3 is 6.18 Å². The highest BCUT2D eigenvalue weighted by atomic mass is 35.5. The number of rotatable bonds is 8. The number of nitrogens with zero attached hydrogens (tertiary/aromatic N) is 5. The molecule has 48 heavy (non-hydrogen) atoms. The molecule has 0 aliphatic carbocycles. The summed E-state index contributed by atoms with van der Waals surface area (Å²) in [6.45, 7) is 14.1. The Morgan fingerprint density at radius 2 is 1.73 bits per heavy atom. The number of hydrogen-bond donors (Lipinski definition) is 3. The predicted molar refractivity (Wildman–Crippen MR) is 189 cm³/mol. The van der Waals surface area contributed by atoms with Gasteiger partial charge in [-0.1, -0.05) is 82.1 Å². The quantitative estimate of drug-likeness (QED) is 0.167. The van der Waals surface area contributed by atoms with E-state index >= 15 is 0 Å². The molecule has 0 spiro atoms. The fraction of sp³-hybridized carbons (Fsp3) is 0.515. The second-order valence-corrected chi connectivity index (χ2v) is 16.2. The van der Waals surface area contributed by atoms with Gasteiger partial charge in [0, 0.05) is 38.6 Å². The molecule has 0 unspecified atom stereocenters. The highest BCUT2D eigenvalue weighted by Crippen LogP contribution is 2.39. The van der Waals surface area contributed by atoms with Crippen LogP contribution >= 0.6 is 34.5 Å². The summed E-state index contributed by atoms with van der Waals surface area (Å²) in [4.78, 5) is 20.4. The largest absolute Gasteiger partial charge is 0.391 e. The van der Waals surface area contributed by atoms with Gasteiger partial charge in [-0.25, -0.2) is 4.98 Å². The molecular formula is C33H41Cl2F3N8OS. The van der Waals surface area contributed by atoms with Crippen molar-refractivity contribution in [1.82, 2.24) is 25.1 Å². The summed E-state index contributed by atoms with van der Waals surface area (Å²) in [5.74, 6) is -1.41. The average molecular weight is 726 g/mol. The third-order valence-electron chi connectivity index (χ3n) is 8.21. The third kappa shape index (κ3) is 8.18. The lowest BCUT2D eigenvalue weighted by molar-refractivity contribution is -0.179. The lowest BCUT2D eigenvalue weighted by Crippen LogP contribution is -2.39. The van der Waals surface area contributed by atoms with Gasteiger partial charge < -0.3 is 20.1 Å². The number of nitrogens with one attached hydrogen (secondary N) is 3. The molecular weight excluding hydrogens is 684 g/mol. The van der Waals surface area contributed by atoms with E-state index in [0.717, 1.165) is 17.1 Å². The first kappa shape index (κ1) is 36.2. The maximum atomic E-state index is 13.8. The summed E-state index contributed by atoms with van der Waals surface area (Å²) in [5, 5.41) is 19.9. The fourth-order valence-corrected chi connectivity index (χ4v) is 6.83. The Kier molecular flexibility index (Phi) is 10.3. The number of piperidine rings is 1. The van der Waals surface area contributed by atoms with E-state index in [4.69, 9.17) is 28.2 Å². The van der Waals surface area contributed by atoms with Gasteiger partial charge in [-0.3, -0.25) is 10.1 Å². The maximum Gasteiger partial charge on any atom is 0.391 e. The number of aromatic nitrogens is 4. The van der Waals surface area contributed by atoms with E-state index in [1.165, 1.54) is 11.3 Å². The fourth-order valence-electron chi connectivity index (χ4n) is 5.50. The van der Waals surface area contributed by atoms with Crippen LogP contribution in [0.25, 0.3) is 11.0 Å². The molecule has 260 valence electrons. The number of aryl methyl sites for hydroxylation is 1. The summed E-state index contributed by atoms with van der Waals surface area (Å²) >= 11 is 14.7. The summed E-state index contributed by atoms with van der Waals surface area (Å²) < 4.78 is 42.3. The second kappa shape index (κ2) is 13.6. The monoisotopic (exact) mass is 724 g/mol. The molecule has 3 N–H and O–H groups in total. The molecule has 1 saturated heterocycles. The van der Waals surface area contributed by atoms with Crippen molar-refractivity contribution >= 4 is 73.9 Å². The van der Waals surface area contributed by atoms with E-state index in [2.05, 4.69) is 46.9 Å². The molecule has 1 fully saturated rings. The SMILES string of the molecule is Cn1c(Nc2c(Cl)ccc(CNCC(C)(C)C)c2Cl)nc2cc(C(=O)Nc3nnc(C(C)(C)C)s3)c(N3CCC(C(F)(F)F)CC3)cc21. The number of carbonyl (C=O) groups excluding carboxylic acids is 1. The van der Waals surface area contributed by atoms with Gasteiger partial charge in [-0.2, -0.15) is 13.2 Å². The Bertz CT molecular complexity index is 1800. The average Bonchev–Trinajstić information content (AvgIpc) is 3.59. The Labute approximate surface area is 292 Å². The number of hydrogen-bond acceptors (Lipinski definition) is 8. The molecule has 0 bridgehead atoms. The van der Waals surface area contributed by atoms with Gasteiger partial charge in [0.25, 0.3) is 5.91 Å². The number of benzene rings is 2. The van der Waals surface area contributed by atoms with Crippen LogP contribution in [0.5, 0.6) is 0 Å². The minimum atomic E-state index is -4.26. The minimum absolute atomic E-state index is 0.0654. The van der Waals surface area contributed by atoms with Crippen molar-refractivity contribution in [2.75, 3.05) is 35.2 Å². The standard InChI is InChI=1S/C33H41Cl2F3N8OS/c1-31(2,3)17-39-16-18-8-9-21(34)26(25(18)35)41-29-40-22-14-20(27(47)42-30-44-43-28(48-30)32(4,5)6)23(15-24(22)45(29)7)46-12-10-19(11-13-46)33(36,37)38/h8-9,14-15,19,39H,10-13,16-17H2,1-7H3,(H,40,41)(H,42,44,47). The van der Waals surface area contributed by atoms with E-state index in [1.807, 2.05) is 38.8 Å². The molecule has 1 amide bonds. The highest BCUT2D eigenvalue weighted by Gasteiger charge is 2.41. The molecule has 0 atom stereocenters. The van der Waals surface area contributed by atoms with Crippen LogP contribution in [-0.4, -0.2) is 51.5 Å². The number of halogens is 5. The Balaban J connectivity index is 1.49. The van der Waals surface area contributed by atoms with Crippen molar-refractivity contribution in [2.45, 2.75) is 72.5 Å². The maximum absolute atomic E-state index is 13.8. The molecule has 9 nitrogen and oxygen atoms in total. The van der Waals surface area contributed by atoms with E-state index in [0.29, 0.717) is 50.1 Å². The zero-order chi connectivity index (χ0) is 35.2. The van der Waals surface area contributed by atoms with E-state index < -0.39 is 18.0 Å². The number of anilines is 4. The first-order valence-electron chi connectivity index (χ1n) is 15.7. The zero-order valence-corrected chi connectivity index (χ0v) is 30.4. The van der Waals surface area contributed by atoms with Crippen molar-refractivity contribution in [3.63, 3.8) is 0 Å². The van der Waals surface area contributed by atoms with Crippen molar-refractivity contribution in [3.05, 3.63) is 50.4 Å².